The van der Waals surface area contributed by atoms with Gasteiger partial charge in [0.2, 0.25) is 5.91 Å². The van der Waals surface area contributed by atoms with Crippen molar-refractivity contribution >= 4 is 17.1 Å². The van der Waals surface area contributed by atoms with Crippen LogP contribution in [-0.4, -0.2) is 20.1 Å². The third-order valence-corrected chi connectivity index (χ3v) is 4.88. The minimum absolute atomic E-state index is 0.0588. The number of carbonyl (C=O) groups is 1. The summed E-state index contributed by atoms with van der Waals surface area (Å²) in [5.74, 6) is -0.247. The molecule has 0 spiro atoms. The fourth-order valence-corrected chi connectivity index (χ4v) is 3.24. The number of benzene rings is 2. The molecule has 4 rings (SSSR count). The van der Waals surface area contributed by atoms with Crippen molar-refractivity contribution in [3.63, 3.8) is 0 Å². The molecule has 2 heterocycles. The molecule has 6 heteroatoms. The Bertz CT molecular complexity index is 1240. The van der Waals surface area contributed by atoms with Crippen LogP contribution in [0.5, 0.6) is 0 Å². The SMILES string of the molecule is CCc1cccc(NC(=O)Cn2ccn3nc(-c4ccc(C)cc4)cc3c2=O)c1. The number of rotatable bonds is 5. The van der Waals surface area contributed by atoms with Gasteiger partial charge in [-0.15, -0.1) is 0 Å². The number of nitrogens with one attached hydrogen (secondary N) is 1. The minimum atomic E-state index is -0.254. The van der Waals surface area contributed by atoms with Gasteiger partial charge in [-0.25, -0.2) is 4.52 Å². The molecule has 0 radical (unpaired) electrons. The zero-order valence-corrected chi connectivity index (χ0v) is 16.4. The van der Waals surface area contributed by atoms with Crippen molar-refractivity contribution in [3.8, 4) is 11.3 Å². The van der Waals surface area contributed by atoms with Crippen molar-refractivity contribution in [1.29, 1.82) is 0 Å². The van der Waals surface area contributed by atoms with E-state index in [1.165, 1.54) is 4.57 Å². The number of carbonyl (C=O) groups excluding carboxylic acids is 1. The van der Waals surface area contributed by atoms with Crippen molar-refractivity contribution in [3.05, 3.63) is 88.5 Å². The number of fused-ring (bicyclic) bond motifs is 1. The van der Waals surface area contributed by atoms with Crippen molar-refractivity contribution < 1.29 is 4.79 Å². The maximum Gasteiger partial charge on any atom is 0.277 e. The quantitative estimate of drug-likeness (QED) is 0.569. The van der Waals surface area contributed by atoms with Gasteiger partial charge in [-0.3, -0.25) is 9.59 Å². The van der Waals surface area contributed by atoms with Gasteiger partial charge >= 0.3 is 0 Å². The number of hydrogen-bond donors (Lipinski definition) is 1. The molecule has 0 aliphatic heterocycles. The average Bonchev–Trinajstić information content (AvgIpc) is 3.16. The summed E-state index contributed by atoms with van der Waals surface area (Å²) in [4.78, 5) is 25.3. The summed E-state index contributed by atoms with van der Waals surface area (Å²) in [5.41, 5.74) is 4.88. The molecule has 0 unspecified atom stereocenters. The van der Waals surface area contributed by atoms with Crippen LogP contribution in [-0.2, 0) is 17.8 Å². The van der Waals surface area contributed by atoms with Crippen LogP contribution in [0, 0.1) is 6.92 Å². The van der Waals surface area contributed by atoms with E-state index in [0.717, 1.165) is 34.5 Å². The second-order valence-corrected chi connectivity index (χ2v) is 7.06. The fourth-order valence-electron chi connectivity index (χ4n) is 3.24. The first-order chi connectivity index (χ1) is 14.0. The van der Waals surface area contributed by atoms with Crippen LogP contribution >= 0.6 is 0 Å². The van der Waals surface area contributed by atoms with Gasteiger partial charge in [-0.2, -0.15) is 5.10 Å². The minimum Gasteiger partial charge on any atom is -0.325 e. The van der Waals surface area contributed by atoms with Gasteiger partial charge in [0.15, 0.2) is 0 Å². The van der Waals surface area contributed by atoms with Gasteiger partial charge in [0, 0.05) is 23.6 Å². The Labute approximate surface area is 168 Å². The Kier molecular flexibility index (Phi) is 4.99. The Balaban J connectivity index is 1.57. The molecule has 2 aromatic carbocycles. The molecule has 0 saturated carbocycles. The molecule has 1 amide bonds. The lowest BCUT2D eigenvalue weighted by Crippen LogP contribution is -2.28. The summed E-state index contributed by atoms with van der Waals surface area (Å²) in [5, 5.41) is 7.34. The van der Waals surface area contributed by atoms with Gasteiger partial charge in [0.25, 0.3) is 5.56 Å². The predicted octanol–water partition coefficient (Wildman–Crippen LogP) is 3.67. The summed E-state index contributed by atoms with van der Waals surface area (Å²) in [6, 6.07) is 17.4. The summed E-state index contributed by atoms with van der Waals surface area (Å²) in [6.07, 6.45) is 4.17. The summed E-state index contributed by atoms with van der Waals surface area (Å²) in [7, 11) is 0. The number of aryl methyl sites for hydroxylation is 2. The number of amides is 1. The Morgan fingerprint density at radius 1 is 1.07 bits per heavy atom. The zero-order chi connectivity index (χ0) is 20.4. The highest BCUT2D eigenvalue weighted by atomic mass is 16.2. The van der Waals surface area contributed by atoms with Crippen LogP contribution < -0.4 is 10.9 Å². The van der Waals surface area contributed by atoms with Gasteiger partial charge in [-0.05, 0) is 37.1 Å². The van der Waals surface area contributed by atoms with E-state index in [0.29, 0.717) is 5.52 Å². The third kappa shape index (κ3) is 3.96. The number of hydrogen-bond acceptors (Lipinski definition) is 3. The predicted molar refractivity (Wildman–Crippen MR) is 114 cm³/mol. The van der Waals surface area contributed by atoms with Crippen molar-refractivity contribution in [2.24, 2.45) is 0 Å². The summed E-state index contributed by atoms with van der Waals surface area (Å²) < 4.78 is 2.95. The van der Waals surface area contributed by atoms with E-state index < -0.39 is 0 Å². The van der Waals surface area contributed by atoms with E-state index in [-0.39, 0.29) is 18.0 Å². The lowest BCUT2D eigenvalue weighted by atomic mass is 10.1. The van der Waals surface area contributed by atoms with E-state index in [2.05, 4.69) is 17.3 Å². The van der Waals surface area contributed by atoms with Crippen LogP contribution in [0.4, 0.5) is 5.69 Å². The van der Waals surface area contributed by atoms with Gasteiger partial charge in [0.1, 0.15) is 12.1 Å². The molecule has 0 saturated heterocycles. The second-order valence-electron chi connectivity index (χ2n) is 7.06. The van der Waals surface area contributed by atoms with Crippen molar-refractivity contribution in [2.75, 3.05) is 5.32 Å². The molecule has 1 N–H and O–H groups in total. The molecule has 2 aromatic heterocycles. The maximum absolute atomic E-state index is 12.8. The van der Waals surface area contributed by atoms with Crippen LogP contribution in [0.1, 0.15) is 18.1 Å². The highest BCUT2D eigenvalue weighted by Gasteiger charge is 2.11. The zero-order valence-electron chi connectivity index (χ0n) is 16.4. The van der Waals surface area contributed by atoms with E-state index in [9.17, 15) is 9.59 Å². The fraction of sp³-hybridized carbons (Fsp3) is 0.174. The molecule has 146 valence electrons. The van der Waals surface area contributed by atoms with E-state index >= 15 is 0 Å². The third-order valence-electron chi connectivity index (χ3n) is 4.88. The molecule has 6 nitrogen and oxygen atoms in total. The molecule has 0 atom stereocenters. The van der Waals surface area contributed by atoms with Crippen LogP contribution in [0.25, 0.3) is 16.8 Å². The molecule has 4 aromatic rings. The number of nitrogens with zero attached hydrogens (tertiary/aromatic N) is 3. The summed E-state index contributed by atoms with van der Waals surface area (Å²) in [6.45, 7) is 4.03. The van der Waals surface area contributed by atoms with Crippen LogP contribution in [0.3, 0.4) is 0 Å². The van der Waals surface area contributed by atoms with E-state index in [1.54, 1.807) is 23.0 Å². The molecule has 0 aliphatic carbocycles. The summed E-state index contributed by atoms with van der Waals surface area (Å²) >= 11 is 0. The average molecular weight is 386 g/mol. The van der Waals surface area contributed by atoms with Crippen molar-refractivity contribution in [2.45, 2.75) is 26.8 Å². The first-order valence-electron chi connectivity index (χ1n) is 9.58. The number of anilines is 1. The molecule has 0 bridgehead atoms. The lowest BCUT2D eigenvalue weighted by Gasteiger charge is -2.08. The highest BCUT2D eigenvalue weighted by molar-refractivity contribution is 5.90. The highest BCUT2D eigenvalue weighted by Crippen LogP contribution is 2.19. The van der Waals surface area contributed by atoms with Gasteiger partial charge < -0.3 is 9.88 Å². The first kappa shape index (κ1) is 18.7. The van der Waals surface area contributed by atoms with Crippen LogP contribution in [0.2, 0.25) is 0 Å². The van der Waals surface area contributed by atoms with Gasteiger partial charge in [-0.1, -0.05) is 48.9 Å². The van der Waals surface area contributed by atoms with Gasteiger partial charge in [0.05, 0.1) is 5.69 Å². The largest absolute Gasteiger partial charge is 0.325 e. The lowest BCUT2D eigenvalue weighted by molar-refractivity contribution is -0.116. The van der Waals surface area contributed by atoms with E-state index in [4.69, 9.17) is 0 Å². The van der Waals surface area contributed by atoms with Crippen molar-refractivity contribution in [1.82, 2.24) is 14.2 Å². The normalized spacial score (nSPS) is 11.0. The van der Waals surface area contributed by atoms with E-state index in [1.807, 2.05) is 55.5 Å². The molecule has 0 aliphatic rings. The second kappa shape index (κ2) is 7.75. The molecular weight excluding hydrogens is 364 g/mol. The molecule has 29 heavy (non-hydrogen) atoms. The first-order valence-corrected chi connectivity index (χ1v) is 9.58. The smallest absolute Gasteiger partial charge is 0.277 e. The maximum atomic E-state index is 12.8. The number of aromatic nitrogens is 3. The standard InChI is InChI=1S/C23H22N4O2/c1-3-17-5-4-6-19(13-17)24-22(28)15-26-11-12-27-21(23(26)29)14-20(25-27)18-9-7-16(2)8-10-18/h4-14H,3,15H2,1-2H3,(H,24,28). The Hall–Kier alpha value is -3.67. The molecule has 0 fully saturated rings. The van der Waals surface area contributed by atoms with Crippen LogP contribution in [0.15, 0.2) is 71.8 Å². The Morgan fingerprint density at radius 3 is 2.62 bits per heavy atom. The monoisotopic (exact) mass is 386 g/mol. The Morgan fingerprint density at radius 2 is 1.86 bits per heavy atom. The molecular formula is C23H22N4O2. The topological polar surface area (TPSA) is 68.4 Å².